The molecule has 0 rings (SSSR count). The van der Waals surface area contributed by atoms with Gasteiger partial charge in [-0.05, 0) is 60.3 Å². The van der Waals surface area contributed by atoms with Crippen molar-refractivity contribution in [3.05, 3.63) is 48.1 Å². The van der Waals surface area contributed by atoms with E-state index in [1.165, 1.54) is 30.4 Å². The molecule has 0 saturated heterocycles. The fourth-order valence-electron chi connectivity index (χ4n) is 1.75. The maximum atomic E-state index is 3.00. The van der Waals surface area contributed by atoms with Gasteiger partial charge in [-0.1, -0.05) is 55.2 Å². The Bertz CT molecular complexity index is 285. The third-order valence-electron chi connectivity index (χ3n) is 3.43. The van der Waals surface area contributed by atoms with Gasteiger partial charge in [-0.2, -0.15) is 0 Å². The highest BCUT2D eigenvalue weighted by atomic mass is 14.1. The van der Waals surface area contributed by atoms with Gasteiger partial charge in [0, 0.05) is 0 Å². The molecule has 0 radical (unpaired) electrons. The lowest BCUT2D eigenvalue weighted by Gasteiger charge is -2.13. The molecular weight excluding hydrogens is 240 g/mol. The van der Waals surface area contributed by atoms with Crippen LogP contribution in [-0.4, -0.2) is 0 Å². The Morgan fingerprint density at radius 1 is 1.00 bits per heavy atom. The second-order valence-corrected chi connectivity index (χ2v) is 5.11. The van der Waals surface area contributed by atoms with Crippen molar-refractivity contribution in [2.24, 2.45) is 5.92 Å². The van der Waals surface area contributed by atoms with Gasteiger partial charge in [-0.3, -0.25) is 0 Å². The van der Waals surface area contributed by atoms with Crippen LogP contribution in [0.3, 0.4) is 0 Å². The molecule has 1 atom stereocenters. The van der Waals surface area contributed by atoms with Gasteiger partial charge in [0.05, 0.1) is 0 Å². The van der Waals surface area contributed by atoms with Gasteiger partial charge in [0.25, 0.3) is 0 Å². The fourth-order valence-corrected chi connectivity index (χ4v) is 1.75. The predicted octanol–water partition coefficient (Wildman–Crippen LogP) is 7.50. The predicted molar refractivity (Wildman–Crippen MR) is 98.2 cm³/mol. The Morgan fingerprint density at radius 2 is 1.50 bits per heavy atom. The lowest BCUT2D eigenvalue weighted by Crippen LogP contribution is -1.98. The highest BCUT2D eigenvalue weighted by Crippen LogP contribution is 2.19. The Kier molecular flexibility index (Phi) is 21.6. The van der Waals surface area contributed by atoms with E-state index in [1.807, 2.05) is 6.92 Å². The summed E-state index contributed by atoms with van der Waals surface area (Å²) >= 11 is 0. The topological polar surface area (TPSA) is 0 Å². The smallest absolute Gasteiger partial charge is 0.0209 e. The number of hydrogen-bond acceptors (Lipinski definition) is 0. The zero-order valence-corrected chi connectivity index (χ0v) is 15.3. The lowest BCUT2D eigenvalue weighted by molar-refractivity contribution is 0.533. The summed E-state index contributed by atoms with van der Waals surface area (Å²) in [5.74, 6) is 0.843. The monoisotopic (exact) mass is 278 g/mol. The Labute approximate surface area is 129 Å². The van der Waals surface area contributed by atoms with Crippen molar-refractivity contribution in [2.75, 3.05) is 0 Å². The molecule has 1 unspecified atom stereocenters. The lowest BCUT2D eigenvalue weighted by atomic mass is 9.93. The van der Waals surface area contributed by atoms with E-state index in [2.05, 4.69) is 79.9 Å². The van der Waals surface area contributed by atoms with E-state index in [1.54, 1.807) is 5.57 Å². The first-order valence-electron chi connectivity index (χ1n) is 7.83. The molecular formula is C20H38. The molecule has 0 aliphatic carbocycles. The van der Waals surface area contributed by atoms with Gasteiger partial charge in [-0.15, -0.1) is 13.2 Å². The maximum absolute atomic E-state index is 3.00. The molecule has 0 amide bonds. The number of rotatable bonds is 5. The van der Waals surface area contributed by atoms with E-state index in [-0.39, 0.29) is 0 Å². The molecule has 0 heteroatoms. The zero-order valence-electron chi connectivity index (χ0n) is 15.3. The minimum absolute atomic E-state index is 0.843. The summed E-state index contributed by atoms with van der Waals surface area (Å²) in [6.07, 6.45) is 10.4. The van der Waals surface area contributed by atoms with Crippen LogP contribution in [0, 0.1) is 5.92 Å². The van der Waals surface area contributed by atoms with E-state index < -0.39 is 0 Å². The molecule has 0 aromatic rings. The van der Waals surface area contributed by atoms with Crippen LogP contribution < -0.4 is 0 Å². The molecule has 20 heavy (non-hydrogen) atoms. The Morgan fingerprint density at radius 3 is 1.70 bits per heavy atom. The minimum Gasteiger partial charge on any atom is -0.106 e. The normalized spacial score (nSPS) is 11.9. The van der Waals surface area contributed by atoms with Crippen LogP contribution in [0.2, 0.25) is 0 Å². The maximum Gasteiger partial charge on any atom is -0.0209 e. The van der Waals surface area contributed by atoms with Crippen molar-refractivity contribution < 1.29 is 0 Å². The van der Waals surface area contributed by atoms with Crippen LogP contribution in [-0.2, 0) is 0 Å². The third kappa shape index (κ3) is 15.0. The summed E-state index contributed by atoms with van der Waals surface area (Å²) in [6, 6.07) is 0. The first-order chi connectivity index (χ1) is 9.44. The van der Waals surface area contributed by atoms with Crippen LogP contribution >= 0.6 is 0 Å². The molecule has 0 heterocycles. The highest BCUT2D eigenvalue weighted by Gasteiger charge is 2.04. The van der Waals surface area contributed by atoms with Gasteiger partial charge in [0.2, 0.25) is 0 Å². The number of hydrogen-bond donors (Lipinski definition) is 0. The summed E-state index contributed by atoms with van der Waals surface area (Å²) in [5.41, 5.74) is 4.32. The molecule has 0 aliphatic rings. The molecule has 118 valence electrons. The van der Waals surface area contributed by atoms with Crippen molar-refractivity contribution in [3.8, 4) is 0 Å². The quantitative estimate of drug-likeness (QED) is 0.361. The standard InChI is InChI=1S/C10H20.C8H14.C2H4/c1-5-8-10(7-3)9(4)6-2;1-5-6-8(4)7(2)3;1-2/h6,10H,5,7-8H2,1-4H3;5-6H,1-4H3;1-2H2/b;6-5+;. The van der Waals surface area contributed by atoms with Crippen LogP contribution in [0.4, 0.5) is 0 Å². The average Bonchev–Trinajstić information content (AvgIpc) is 2.46. The van der Waals surface area contributed by atoms with Gasteiger partial charge in [-0.25, -0.2) is 0 Å². The number of allylic oxidation sites excluding steroid dienone is 6. The first-order valence-corrected chi connectivity index (χ1v) is 7.83. The molecule has 0 nitrogen and oxygen atoms in total. The first kappa shape index (κ1) is 24.0. The van der Waals surface area contributed by atoms with Gasteiger partial charge in [0.15, 0.2) is 0 Å². The van der Waals surface area contributed by atoms with Gasteiger partial charge >= 0.3 is 0 Å². The molecule has 0 aromatic heterocycles. The van der Waals surface area contributed by atoms with E-state index in [9.17, 15) is 0 Å². The van der Waals surface area contributed by atoms with Crippen molar-refractivity contribution in [1.29, 1.82) is 0 Å². The second-order valence-electron chi connectivity index (χ2n) is 5.11. The molecule has 0 bridgehead atoms. The van der Waals surface area contributed by atoms with Gasteiger partial charge in [0.1, 0.15) is 0 Å². The van der Waals surface area contributed by atoms with E-state index in [0.29, 0.717) is 0 Å². The fraction of sp³-hybridized carbons (Fsp3) is 0.600. The molecule has 0 spiro atoms. The zero-order chi connectivity index (χ0) is 16.6. The molecule has 0 aromatic carbocycles. The van der Waals surface area contributed by atoms with Crippen molar-refractivity contribution in [2.45, 2.75) is 74.7 Å². The molecule has 0 aliphatic heterocycles. The summed E-state index contributed by atoms with van der Waals surface area (Å²) < 4.78 is 0. The summed E-state index contributed by atoms with van der Waals surface area (Å²) in [5, 5.41) is 0. The summed E-state index contributed by atoms with van der Waals surface area (Å²) in [4.78, 5) is 0. The molecule has 0 N–H and O–H groups in total. The molecule has 0 fully saturated rings. The second kappa shape index (κ2) is 18.0. The minimum atomic E-state index is 0.843. The Balaban J connectivity index is -0.000000262. The average molecular weight is 279 g/mol. The van der Waals surface area contributed by atoms with E-state index in [4.69, 9.17) is 0 Å². The van der Waals surface area contributed by atoms with E-state index in [0.717, 1.165) is 5.92 Å². The van der Waals surface area contributed by atoms with Crippen molar-refractivity contribution >= 4 is 0 Å². The third-order valence-corrected chi connectivity index (χ3v) is 3.43. The highest BCUT2D eigenvalue weighted by molar-refractivity contribution is 5.19. The van der Waals surface area contributed by atoms with Crippen molar-refractivity contribution in [1.82, 2.24) is 0 Å². The van der Waals surface area contributed by atoms with Crippen LogP contribution in [0.25, 0.3) is 0 Å². The largest absolute Gasteiger partial charge is 0.106 e. The Hall–Kier alpha value is -1.04. The molecule has 0 saturated carbocycles. The summed E-state index contributed by atoms with van der Waals surface area (Å²) in [7, 11) is 0. The SMILES string of the molecule is C/C=C/C(C)=C(C)C.C=C.CC=C(C)C(CC)CCC. The van der Waals surface area contributed by atoms with Crippen LogP contribution in [0.15, 0.2) is 48.1 Å². The van der Waals surface area contributed by atoms with Crippen LogP contribution in [0.1, 0.15) is 74.7 Å². The van der Waals surface area contributed by atoms with Crippen LogP contribution in [0.5, 0.6) is 0 Å². The summed E-state index contributed by atoms with van der Waals surface area (Å²) in [6.45, 7) is 23.3. The van der Waals surface area contributed by atoms with Gasteiger partial charge < -0.3 is 0 Å². The van der Waals surface area contributed by atoms with E-state index >= 15 is 0 Å². The van der Waals surface area contributed by atoms with Crippen molar-refractivity contribution in [3.63, 3.8) is 0 Å².